The lowest BCUT2D eigenvalue weighted by atomic mass is 10.1. The number of morpholine rings is 1. The normalized spacial score (nSPS) is 20.1. The molecule has 0 aliphatic carbocycles. The number of ether oxygens (including phenoxy) is 2. The molecule has 1 fully saturated rings. The third kappa shape index (κ3) is 3.98. The van der Waals surface area contributed by atoms with E-state index in [1.807, 2.05) is 7.05 Å². The summed E-state index contributed by atoms with van der Waals surface area (Å²) in [5, 5.41) is 0. The number of nitrogens with one attached hydrogen (secondary N) is 1. The number of nitrogens with zero attached hydrogens (tertiary/aromatic N) is 1. The molecule has 0 radical (unpaired) electrons. The predicted octanol–water partition coefficient (Wildman–Crippen LogP) is 0.921. The van der Waals surface area contributed by atoms with Crippen LogP contribution < -0.4 is 9.46 Å². The highest BCUT2D eigenvalue weighted by atomic mass is 32.2. The van der Waals surface area contributed by atoms with Crippen LogP contribution in [-0.2, 0) is 14.8 Å². The first-order valence-electron chi connectivity index (χ1n) is 7.28. The van der Waals surface area contributed by atoms with Crippen molar-refractivity contribution in [3.63, 3.8) is 0 Å². The van der Waals surface area contributed by atoms with E-state index >= 15 is 0 Å². The molecule has 1 atom stereocenters. The van der Waals surface area contributed by atoms with Crippen molar-refractivity contribution in [1.82, 2.24) is 9.62 Å². The predicted molar refractivity (Wildman–Crippen MR) is 84.9 cm³/mol. The molecule has 0 amide bonds. The van der Waals surface area contributed by atoms with Crippen molar-refractivity contribution >= 4 is 10.0 Å². The van der Waals surface area contributed by atoms with Crippen LogP contribution in [0.1, 0.15) is 11.1 Å². The van der Waals surface area contributed by atoms with Crippen LogP contribution in [0.15, 0.2) is 17.0 Å². The van der Waals surface area contributed by atoms with E-state index in [-0.39, 0.29) is 12.6 Å². The molecule has 1 unspecified atom stereocenters. The minimum Gasteiger partial charge on any atom is -0.497 e. The molecule has 1 aromatic rings. The van der Waals surface area contributed by atoms with Gasteiger partial charge < -0.3 is 14.4 Å². The fourth-order valence-corrected chi connectivity index (χ4v) is 4.23. The van der Waals surface area contributed by atoms with Crippen LogP contribution in [0.4, 0.5) is 0 Å². The quantitative estimate of drug-likeness (QED) is 0.870. The van der Waals surface area contributed by atoms with Crippen molar-refractivity contribution in [3.8, 4) is 5.75 Å². The van der Waals surface area contributed by atoms with Gasteiger partial charge in [0.1, 0.15) is 5.75 Å². The van der Waals surface area contributed by atoms with Crippen molar-refractivity contribution in [3.05, 3.63) is 23.3 Å². The molecule has 2 rings (SSSR count). The first kappa shape index (κ1) is 17.2. The van der Waals surface area contributed by atoms with Crippen LogP contribution in [0.5, 0.6) is 5.75 Å². The lowest BCUT2D eigenvalue weighted by molar-refractivity contribution is -0.0156. The number of hydrogen-bond acceptors (Lipinski definition) is 5. The van der Waals surface area contributed by atoms with Crippen molar-refractivity contribution < 1.29 is 17.9 Å². The topological polar surface area (TPSA) is 67.9 Å². The Morgan fingerprint density at radius 2 is 2.00 bits per heavy atom. The molecule has 1 saturated heterocycles. The Balaban J connectivity index is 2.13. The average Bonchev–Trinajstić information content (AvgIpc) is 2.44. The van der Waals surface area contributed by atoms with Crippen LogP contribution >= 0.6 is 0 Å². The van der Waals surface area contributed by atoms with Gasteiger partial charge in [-0.1, -0.05) is 0 Å². The van der Waals surface area contributed by atoms with Crippen molar-refractivity contribution in [1.29, 1.82) is 0 Å². The monoisotopic (exact) mass is 328 g/mol. The van der Waals surface area contributed by atoms with E-state index in [0.29, 0.717) is 28.4 Å². The lowest BCUT2D eigenvalue weighted by Crippen LogP contribution is -2.46. The zero-order chi connectivity index (χ0) is 16.3. The summed E-state index contributed by atoms with van der Waals surface area (Å²) < 4.78 is 38.6. The number of sulfonamides is 1. The highest BCUT2D eigenvalue weighted by Gasteiger charge is 2.24. The SMILES string of the molecule is COc1cc(C)c(S(=O)(=O)NCC2CN(C)CCO2)c(C)c1. The van der Waals surface area contributed by atoms with Crippen molar-refractivity contribution in [2.45, 2.75) is 24.8 Å². The molecule has 0 spiro atoms. The molecular weight excluding hydrogens is 304 g/mol. The van der Waals surface area contributed by atoms with Gasteiger partial charge in [0, 0.05) is 19.6 Å². The molecule has 124 valence electrons. The Kier molecular flexibility index (Phi) is 5.44. The first-order valence-corrected chi connectivity index (χ1v) is 8.77. The van der Waals surface area contributed by atoms with E-state index in [2.05, 4.69) is 9.62 Å². The van der Waals surface area contributed by atoms with Gasteiger partial charge in [0.2, 0.25) is 10.0 Å². The summed E-state index contributed by atoms with van der Waals surface area (Å²) >= 11 is 0. The maximum absolute atomic E-state index is 12.6. The number of hydrogen-bond donors (Lipinski definition) is 1. The van der Waals surface area contributed by atoms with Gasteiger partial charge in [-0.05, 0) is 44.2 Å². The molecule has 6 nitrogen and oxygen atoms in total. The summed E-state index contributed by atoms with van der Waals surface area (Å²) in [6.07, 6.45) is -0.118. The fraction of sp³-hybridized carbons (Fsp3) is 0.600. The third-order valence-corrected chi connectivity index (χ3v) is 5.51. The second-order valence-corrected chi connectivity index (χ2v) is 7.40. The van der Waals surface area contributed by atoms with Gasteiger partial charge in [-0.2, -0.15) is 0 Å². The largest absolute Gasteiger partial charge is 0.497 e. The van der Waals surface area contributed by atoms with Gasteiger partial charge in [0.25, 0.3) is 0 Å². The van der Waals surface area contributed by atoms with Gasteiger partial charge in [-0.15, -0.1) is 0 Å². The van der Waals surface area contributed by atoms with Crippen molar-refractivity contribution in [2.75, 3.05) is 40.4 Å². The minimum atomic E-state index is -3.57. The van der Waals surface area contributed by atoms with Crippen molar-refractivity contribution in [2.24, 2.45) is 0 Å². The number of benzene rings is 1. The number of likely N-dealkylation sites (N-methyl/N-ethyl adjacent to an activating group) is 1. The molecule has 0 saturated carbocycles. The Morgan fingerprint density at radius 1 is 1.36 bits per heavy atom. The molecule has 22 heavy (non-hydrogen) atoms. The van der Waals surface area contributed by atoms with Gasteiger partial charge in [-0.25, -0.2) is 13.1 Å². The number of methoxy groups -OCH3 is 1. The second-order valence-electron chi connectivity index (χ2n) is 5.70. The summed E-state index contributed by atoms with van der Waals surface area (Å²) in [4.78, 5) is 2.45. The summed E-state index contributed by atoms with van der Waals surface area (Å²) in [6.45, 7) is 6.05. The van der Waals surface area contributed by atoms with E-state index in [0.717, 1.165) is 13.1 Å². The van der Waals surface area contributed by atoms with Crippen LogP contribution in [0, 0.1) is 13.8 Å². The average molecular weight is 328 g/mol. The second kappa shape index (κ2) is 6.95. The molecule has 1 aromatic carbocycles. The molecule has 1 heterocycles. The Labute approximate surface area is 132 Å². The fourth-order valence-electron chi connectivity index (χ4n) is 2.72. The smallest absolute Gasteiger partial charge is 0.241 e. The summed E-state index contributed by atoms with van der Waals surface area (Å²) in [7, 11) is 0.00126. The molecule has 0 bridgehead atoms. The van der Waals surface area contributed by atoms with E-state index in [4.69, 9.17) is 9.47 Å². The van der Waals surface area contributed by atoms with Crippen LogP contribution in [0.2, 0.25) is 0 Å². The standard InChI is InChI=1S/C15H24N2O4S/c1-11-7-13(20-4)8-12(2)15(11)22(18,19)16-9-14-10-17(3)5-6-21-14/h7-8,14,16H,5-6,9-10H2,1-4H3. The molecular formula is C15H24N2O4S. The first-order chi connectivity index (χ1) is 10.3. The van der Waals surface area contributed by atoms with Crippen LogP contribution in [0.3, 0.4) is 0 Å². The van der Waals surface area contributed by atoms with Gasteiger partial charge in [0.15, 0.2) is 0 Å². The summed E-state index contributed by atoms with van der Waals surface area (Å²) in [5.74, 6) is 0.659. The Bertz CT molecular complexity index is 607. The van der Waals surface area contributed by atoms with E-state index in [1.54, 1.807) is 33.1 Å². The summed E-state index contributed by atoms with van der Waals surface area (Å²) in [6, 6.07) is 3.46. The zero-order valence-corrected chi connectivity index (χ0v) is 14.4. The maximum atomic E-state index is 12.6. The Hall–Kier alpha value is -1.15. The number of rotatable bonds is 5. The van der Waals surface area contributed by atoms with E-state index in [9.17, 15) is 8.42 Å². The highest BCUT2D eigenvalue weighted by molar-refractivity contribution is 7.89. The Morgan fingerprint density at radius 3 is 2.55 bits per heavy atom. The third-order valence-electron chi connectivity index (χ3n) is 3.78. The zero-order valence-electron chi connectivity index (χ0n) is 13.5. The molecule has 1 aliphatic heterocycles. The van der Waals surface area contributed by atoms with Crippen LogP contribution in [-0.4, -0.2) is 59.8 Å². The van der Waals surface area contributed by atoms with E-state index < -0.39 is 10.0 Å². The van der Waals surface area contributed by atoms with Gasteiger partial charge in [-0.3, -0.25) is 0 Å². The molecule has 1 aliphatic rings. The minimum absolute atomic E-state index is 0.118. The molecule has 0 aromatic heterocycles. The summed E-state index contributed by atoms with van der Waals surface area (Å²) in [5.41, 5.74) is 1.34. The highest BCUT2D eigenvalue weighted by Crippen LogP contribution is 2.25. The molecule has 7 heteroatoms. The van der Waals surface area contributed by atoms with Gasteiger partial charge in [0.05, 0.1) is 24.7 Å². The van der Waals surface area contributed by atoms with Gasteiger partial charge >= 0.3 is 0 Å². The number of aryl methyl sites for hydroxylation is 2. The molecule has 1 N–H and O–H groups in total. The maximum Gasteiger partial charge on any atom is 0.241 e. The lowest BCUT2D eigenvalue weighted by Gasteiger charge is -2.30. The van der Waals surface area contributed by atoms with Crippen LogP contribution in [0.25, 0.3) is 0 Å². The van der Waals surface area contributed by atoms with E-state index in [1.165, 1.54) is 0 Å².